The normalized spacial score (nSPS) is 17.1. The van der Waals surface area contributed by atoms with Crippen molar-refractivity contribution in [2.24, 2.45) is 11.3 Å². The quantitative estimate of drug-likeness (QED) is 0.870. The van der Waals surface area contributed by atoms with Gasteiger partial charge < -0.3 is 5.32 Å². The second-order valence-electron chi connectivity index (χ2n) is 7.03. The van der Waals surface area contributed by atoms with E-state index in [1.807, 2.05) is 0 Å². The van der Waals surface area contributed by atoms with Crippen molar-refractivity contribution in [3.8, 4) is 0 Å². The monoisotopic (exact) mass is 259 g/mol. The van der Waals surface area contributed by atoms with E-state index in [1.54, 1.807) is 0 Å². The van der Waals surface area contributed by atoms with Crippen LogP contribution in [0.2, 0.25) is 0 Å². The van der Waals surface area contributed by atoms with Gasteiger partial charge in [-0.05, 0) is 36.7 Å². The molecule has 0 radical (unpaired) electrons. The van der Waals surface area contributed by atoms with Crippen LogP contribution in [0.1, 0.15) is 57.2 Å². The zero-order valence-corrected chi connectivity index (χ0v) is 12.5. The highest BCUT2D eigenvalue weighted by atomic mass is 16.1. The molecule has 2 heteroatoms. The number of amides is 1. The lowest BCUT2D eigenvalue weighted by Gasteiger charge is -2.23. The third-order valence-electron chi connectivity index (χ3n) is 3.54. The van der Waals surface area contributed by atoms with E-state index in [2.05, 4.69) is 57.3 Å². The van der Waals surface area contributed by atoms with Crippen LogP contribution in [0, 0.1) is 18.3 Å². The van der Waals surface area contributed by atoms with E-state index in [-0.39, 0.29) is 17.4 Å². The predicted octanol–water partition coefficient (Wildman–Crippen LogP) is 4.00. The fourth-order valence-electron chi connectivity index (χ4n) is 2.38. The first kappa shape index (κ1) is 14.1. The Kier molecular flexibility index (Phi) is 3.98. The molecule has 0 bridgehead atoms. The number of hydrogen-bond donors (Lipinski definition) is 1. The first-order chi connectivity index (χ1) is 8.85. The van der Waals surface area contributed by atoms with Crippen molar-refractivity contribution in [1.29, 1.82) is 0 Å². The highest BCUT2D eigenvalue weighted by Crippen LogP contribution is 2.41. The molecule has 1 saturated carbocycles. The zero-order valence-electron chi connectivity index (χ0n) is 12.5. The average molecular weight is 259 g/mol. The van der Waals surface area contributed by atoms with Gasteiger partial charge in [-0.1, -0.05) is 50.6 Å². The van der Waals surface area contributed by atoms with E-state index >= 15 is 0 Å². The van der Waals surface area contributed by atoms with Crippen molar-refractivity contribution in [3.05, 3.63) is 35.4 Å². The Morgan fingerprint density at radius 3 is 2.32 bits per heavy atom. The number of hydrogen-bond acceptors (Lipinski definition) is 1. The topological polar surface area (TPSA) is 29.1 Å². The molecule has 2 rings (SSSR count). The fraction of sp³-hybridized carbons (Fsp3) is 0.588. The Labute approximate surface area is 116 Å². The zero-order chi connectivity index (χ0) is 14.0. The number of benzene rings is 1. The number of nitrogens with one attached hydrogen (secondary N) is 1. The molecular formula is C17H25NO. The molecule has 1 fully saturated rings. The smallest absolute Gasteiger partial charge is 0.221 e. The molecule has 1 amide bonds. The Morgan fingerprint density at radius 2 is 1.84 bits per heavy atom. The Balaban J connectivity index is 2.05. The number of rotatable bonds is 4. The average Bonchev–Trinajstić information content (AvgIpc) is 3.08. The van der Waals surface area contributed by atoms with Gasteiger partial charge in [-0.3, -0.25) is 4.79 Å². The van der Waals surface area contributed by atoms with Crippen molar-refractivity contribution in [2.75, 3.05) is 0 Å². The molecule has 1 unspecified atom stereocenters. The van der Waals surface area contributed by atoms with Crippen molar-refractivity contribution in [1.82, 2.24) is 5.32 Å². The second kappa shape index (κ2) is 5.36. The van der Waals surface area contributed by atoms with Crippen LogP contribution >= 0.6 is 0 Å². The summed E-state index contributed by atoms with van der Waals surface area (Å²) in [6.45, 7) is 8.40. The summed E-state index contributed by atoms with van der Waals surface area (Å²) in [6.07, 6.45) is 3.05. The SMILES string of the molecule is Cc1ccc(C(NC(=O)CC(C)(C)C)C2CC2)cc1. The summed E-state index contributed by atoms with van der Waals surface area (Å²) in [7, 11) is 0. The summed E-state index contributed by atoms with van der Waals surface area (Å²) in [6, 6.07) is 8.75. The van der Waals surface area contributed by atoms with Crippen LogP contribution in [-0.2, 0) is 4.79 Å². The summed E-state index contributed by atoms with van der Waals surface area (Å²) in [5, 5.41) is 3.23. The Hall–Kier alpha value is -1.31. The van der Waals surface area contributed by atoms with Crippen LogP contribution in [-0.4, -0.2) is 5.91 Å². The predicted molar refractivity (Wildman–Crippen MR) is 78.9 cm³/mol. The van der Waals surface area contributed by atoms with Crippen LogP contribution in [0.3, 0.4) is 0 Å². The fourth-order valence-corrected chi connectivity index (χ4v) is 2.38. The largest absolute Gasteiger partial charge is 0.349 e. The lowest BCUT2D eigenvalue weighted by atomic mass is 9.91. The summed E-state index contributed by atoms with van der Waals surface area (Å²) < 4.78 is 0. The summed E-state index contributed by atoms with van der Waals surface area (Å²) >= 11 is 0. The van der Waals surface area contributed by atoms with Gasteiger partial charge in [-0.25, -0.2) is 0 Å². The minimum absolute atomic E-state index is 0.0471. The third-order valence-corrected chi connectivity index (χ3v) is 3.54. The van der Waals surface area contributed by atoms with E-state index in [9.17, 15) is 4.79 Å². The Bertz CT molecular complexity index is 437. The molecule has 0 spiro atoms. The first-order valence-corrected chi connectivity index (χ1v) is 7.21. The van der Waals surface area contributed by atoms with Gasteiger partial charge in [0.1, 0.15) is 0 Å². The molecule has 1 aromatic carbocycles. The number of carbonyl (C=O) groups excluding carboxylic acids is 1. The molecular weight excluding hydrogens is 234 g/mol. The van der Waals surface area contributed by atoms with Crippen molar-refractivity contribution >= 4 is 5.91 Å². The summed E-state index contributed by atoms with van der Waals surface area (Å²) in [5.74, 6) is 0.802. The van der Waals surface area contributed by atoms with Gasteiger partial charge in [0.05, 0.1) is 6.04 Å². The number of aryl methyl sites for hydroxylation is 1. The Morgan fingerprint density at radius 1 is 1.26 bits per heavy atom. The van der Waals surface area contributed by atoms with Crippen molar-refractivity contribution < 1.29 is 4.79 Å². The molecule has 0 heterocycles. The lowest BCUT2D eigenvalue weighted by molar-refractivity contribution is -0.123. The molecule has 0 aromatic heterocycles. The molecule has 1 aromatic rings. The molecule has 1 N–H and O–H groups in total. The molecule has 2 nitrogen and oxygen atoms in total. The van der Waals surface area contributed by atoms with Crippen LogP contribution < -0.4 is 5.32 Å². The first-order valence-electron chi connectivity index (χ1n) is 7.21. The third kappa shape index (κ3) is 4.38. The molecule has 0 aliphatic heterocycles. The number of carbonyl (C=O) groups is 1. The van der Waals surface area contributed by atoms with Crippen LogP contribution in [0.25, 0.3) is 0 Å². The standard InChI is InChI=1S/C17H25NO/c1-12-5-7-13(8-6-12)16(14-9-10-14)18-15(19)11-17(2,3)4/h5-8,14,16H,9-11H2,1-4H3,(H,18,19). The highest BCUT2D eigenvalue weighted by molar-refractivity contribution is 5.77. The van der Waals surface area contributed by atoms with E-state index < -0.39 is 0 Å². The maximum atomic E-state index is 12.1. The van der Waals surface area contributed by atoms with Crippen LogP contribution in [0.15, 0.2) is 24.3 Å². The molecule has 1 aliphatic carbocycles. The maximum absolute atomic E-state index is 12.1. The van der Waals surface area contributed by atoms with Gasteiger partial charge in [0, 0.05) is 6.42 Å². The van der Waals surface area contributed by atoms with E-state index in [4.69, 9.17) is 0 Å². The van der Waals surface area contributed by atoms with Crippen molar-refractivity contribution in [2.45, 2.75) is 53.0 Å². The van der Waals surface area contributed by atoms with Gasteiger partial charge in [0.25, 0.3) is 0 Å². The highest BCUT2D eigenvalue weighted by Gasteiger charge is 2.33. The van der Waals surface area contributed by atoms with Gasteiger partial charge in [-0.15, -0.1) is 0 Å². The lowest BCUT2D eigenvalue weighted by Crippen LogP contribution is -2.32. The molecule has 19 heavy (non-hydrogen) atoms. The molecule has 104 valence electrons. The molecule has 0 saturated heterocycles. The molecule has 1 atom stereocenters. The minimum Gasteiger partial charge on any atom is -0.349 e. The van der Waals surface area contributed by atoms with E-state index in [0.717, 1.165) is 0 Å². The van der Waals surface area contributed by atoms with Crippen LogP contribution in [0.4, 0.5) is 0 Å². The van der Waals surface area contributed by atoms with Crippen molar-refractivity contribution in [3.63, 3.8) is 0 Å². The summed E-state index contributed by atoms with van der Waals surface area (Å²) in [4.78, 5) is 12.1. The van der Waals surface area contributed by atoms with Gasteiger partial charge >= 0.3 is 0 Å². The minimum atomic E-state index is 0.0471. The summed E-state index contributed by atoms with van der Waals surface area (Å²) in [5.41, 5.74) is 2.56. The van der Waals surface area contributed by atoms with E-state index in [0.29, 0.717) is 12.3 Å². The van der Waals surface area contributed by atoms with Gasteiger partial charge in [0.15, 0.2) is 0 Å². The van der Waals surface area contributed by atoms with Crippen LogP contribution in [0.5, 0.6) is 0 Å². The molecule has 1 aliphatic rings. The van der Waals surface area contributed by atoms with Gasteiger partial charge in [0.2, 0.25) is 5.91 Å². The maximum Gasteiger partial charge on any atom is 0.221 e. The second-order valence-corrected chi connectivity index (χ2v) is 7.03. The van der Waals surface area contributed by atoms with E-state index in [1.165, 1.54) is 24.0 Å². The van der Waals surface area contributed by atoms with Gasteiger partial charge in [-0.2, -0.15) is 0 Å².